The van der Waals surface area contributed by atoms with Crippen LogP contribution in [-0.2, 0) is 0 Å². The number of imidazole rings is 1. The fraction of sp³-hybridized carbons (Fsp3) is 0.400. The number of nitrogens with zero attached hydrogens (tertiary/aromatic N) is 1. The molecule has 4 nitrogen and oxygen atoms in total. The Bertz CT molecular complexity index is 516. The Morgan fingerprint density at radius 3 is 2.47 bits per heavy atom. The molecular formula is C15H21N3O. The van der Waals surface area contributed by atoms with Gasteiger partial charge >= 0.3 is 0 Å². The largest absolute Gasteiger partial charge is 0.497 e. The van der Waals surface area contributed by atoms with Crippen molar-refractivity contribution in [2.75, 3.05) is 13.7 Å². The van der Waals surface area contributed by atoms with E-state index in [0.29, 0.717) is 12.5 Å². The van der Waals surface area contributed by atoms with Gasteiger partial charge in [0.1, 0.15) is 11.6 Å². The Balaban J connectivity index is 2.24. The van der Waals surface area contributed by atoms with Crippen LogP contribution < -0.4 is 10.5 Å². The van der Waals surface area contributed by atoms with E-state index in [0.717, 1.165) is 22.8 Å². The van der Waals surface area contributed by atoms with Crippen molar-refractivity contribution in [1.82, 2.24) is 9.97 Å². The Labute approximate surface area is 114 Å². The molecule has 1 atom stereocenters. The summed E-state index contributed by atoms with van der Waals surface area (Å²) in [5, 5.41) is 0. The zero-order chi connectivity index (χ0) is 13.8. The lowest BCUT2D eigenvalue weighted by molar-refractivity contribution is 0.415. The molecule has 0 amide bonds. The van der Waals surface area contributed by atoms with Crippen LogP contribution in [0.3, 0.4) is 0 Å². The smallest absolute Gasteiger partial charge is 0.118 e. The number of hydrogen-bond donors (Lipinski definition) is 2. The van der Waals surface area contributed by atoms with E-state index in [-0.39, 0.29) is 5.92 Å². The molecule has 0 saturated heterocycles. The van der Waals surface area contributed by atoms with E-state index in [2.05, 4.69) is 23.8 Å². The van der Waals surface area contributed by atoms with Crippen molar-refractivity contribution < 1.29 is 4.74 Å². The quantitative estimate of drug-likeness (QED) is 0.867. The summed E-state index contributed by atoms with van der Waals surface area (Å²) in [6.45, 7) is 4.92. The summed E-state index contributed by atoms with van der Waals surface area (Å²) >= 11 is 0. The van der Waals surface area contributed by atoms with Crippen LogP contribution in [0.4, 0.5) is 0 Å². The predicted octanol–water partition coefficient (Wildman–Crippen LogP) is 2.78. The molecule has 0 spiro atoms. The van der Waals surface area contributed by atoms with Crippen LogP contribution >= 0.6 is 0 Å². The molecule has 1 aromatic heterocycles. The number of aromatic nitrogens is 2. The van der Waals surface area contributed by atoms with Crippen molar-refractivity contribution in [3.63, 3.8) is 0 Å². The van der Waals surface area contributed by atoms with E-state index in [1.807, 2.05) is 30.5 Å². The van der Waals surface area contributed by atoms with Gasteiger partial charge in [-0.05, 0) is 35.7 Å². The molecule has 4 heteroatoms. The Kier molecular flexibility index (Phi) is 4.22. The summed E-state index contributed by atoms with van der Waals surface area (Å²) in [4.78, 5) is 7.83. The van der Waals surface area contributed by atoms with Gasteiger partial charge in [-0.3, -0.25) is 0 Å². The Morgan fingerprint density at radius 1 is 1.26 bits per heavy atom. The highest BCUT2D eigenvalue weighted by molar-refractivity contribution is 5.59. The number of nitrogens with two attached hydrogens (primary N) is 1. The minimum Gasteiger partial charge on any atom is -0.497 e. The first-order valence-electron chi connectivity index (χ1n) is 6.55. The molecule has 1 aromatic carbocycles. The summed E-state index contributed by atoms with van der Waals surface area (Å²) in [5.74, 6) is 2.56. The second kappa shape index (κ2) is 5.89. The zero-order valence-corrected chi connectivity index (χ0v) is 11.7. The van der Waals surface area contributed by atoms with Gasteiger partial charge in [0, 0.05) is 12.5 Å². The molecule has 1 unspecified atom stereocenters. The van der Waals surface area contributed by atoms with Gasteiger partial charge in [-0.2, -0.15) is 0 Å². The van der Waals surface area contributed by atoms with E-state index in [4.69, 9.17) is 10.5 Å². The zero-order valence-electron chi connectivity index (χ0n) is 11.7. The number of nitrogens with one attached hydrogen (secondary N) is 1. The Morgan fingerprint density at radius 2 is 1.95 bits per heavy atom. The topological polar surface area (TPSA) is 63.9 Å². The lowest BCUT2D eigenvalue weighted by Gasteiger charge is -2.15. The summed E-state index contributed by atoms with van der Waals surface area (Å²) < 4.78 is 5.15. The summed E-state index contributed by atoms with van der Waals surface area (Å²) in [6, 6.07) is 7.92. The summed E-state index contributed by atoms with van der Waals surface area (Å²) in [6.07, 6.45) is 1.86. The lowest BCUT2D eigenvalue weighted by atomic mass is 9.95. The maximum absolute atomic E-state index is 5.82. The highest BCUT2D eigenvalue weighted by Crippen LogP contribution is 2.25. The van der Waals surface area contributed by atoms with Gasteiger partial charge < -0.3 is 15.5 Å². The van der Waals surface area contributed by atoms with E-state index < -0.39 is 0 Å². The van der Waals surface area contributed by atoms with Gasteiger partial charge in [-0.1, -0.05) is 13.8 Å². The molecule has 0 bridgehead atoms. The van der Waals surface area contributed by atoms with Crippen LogP contribution in [0.15, 0.2) is 30.5 Å². The van der Waals surface area contributed by atoms with Crippen molar-refractivity contribution >= 4 is 0 Å². The van der Waals surface area contributed by atoms with Gasteiger partial charge in [-0.15, -0.1) is 0 Å². The molecule has 2 rings (SSSR count). The fourth-order valence-corrected chi connectivity index (χ4v) is 2.14. The van der Waals surface area contributed by atoms with Crippen molar-refractivity contribution in [2.24, 2.45) is 11.7 Å². The predicted molar refractivity (Wildman–Crippen MR) is 77.2 cm³/mol. The second-order valence-corrected chi connectivity index (χ2v) is 5.00. The van der Waals surface area contributed by atoms with Gasteiger partial charge in [0.15, 0.2) is 0 Å². The molecule has 3 N–H and O–H groups in total. The van der Waals surface area contributed by atoms with Crippen molar-refractivity contribution in [1.29, 1.82) is 0 Å². The summed E-state index contributed by atoms with van der Waals surface area (Å²) in [5.41, 5.74) is 7.92. The average Bonchev–Trinajstić information content (AvgIpc) is 2.89. The van der Waals surface area contributed by atoms with Crippen LogP contribution in [-0.4, -0.2) is 23.6 Å². The fourth-order valence-electron chi connectivity index (χ4n) is 2.14. The van der Waals surface area contributed by atoms with E-state index >= 15 is 0 Å². The molecule has 19 heavy (non-hydrogen) atoms. The van der Waals surface area contributed by atoms with Crippen LogP contribution in [0, 0.1) is 5.92 Å². The number of methoxy groups -OCH3 is 1. The maximum atomic E-state index is 5.82. The first-order valence-corrected chi connectivity index (χ1v) is 6.55. The van der Waals surface area contributed by atoms with Gasteiger partial charge in [-0.25, -0.2) is 4.98 Å². The van der Waals surface area contributed by atoms with Crippen molar-refractivity contribution in [2.45, 2.75) is 19.8 Å². The van der Waals surface area contributed by atoms with Crippen molar-refractivity contribution in [3.8, 4) is 17.0 Å². The van der Waals surface area contributed by atoms with E-state index in [1.54, 1.807) is 7.11 Å². The number of ether oxygens (including phenoxy) is 1. The maximum Gasteiger partial charge on any atom is 0.118 e. The molecule has 0 aliphatic heterocycles. The standard InChI is InChI=1S/C15H21N3O/c1-10(2)13(8-16)15-17-9-14(18-15)11-4-6-12(19-3)7-5-11/h4-7,9-10,13H,8,16H2,1-3H3,(H,17,18). The normalized spacial score (nSPS) is 12.7. The minimum atomic E-state index is 0.270. The van der Waals surface area contributed by atoms with E-state index in [9.17, 15) is 0 Å². The molecule has 0 aliphatic rings. The van der Waals surface area contributed by atoms with Gasteiger partial charge in [0.05, 0.1) is 19.0 Å². The van der Waals surface area contributed by atoms with Crippen LogP contribution in [0.25, 0.3) is 11.3 Å². The summed E-state index contributed by atoms with van der Waals surface area (Å²) in [7, 11) is 1.66. The highest BCUT2D eigenvalue weighted by Gasteiger charge is 2.17. The molecule has 0 saturated carbocycles. The third kappa shape index (κ3) is 2.96. The molecule has 0 radical (unpaired) electrons. The Hall–Kier alpha value is -1.81. The third-order valence-corrected chi connectivity index (χ3v) is 3.41. The molecule has 2 aromatic rings. The number of hydrogen-bond acceptors (Lipinski definition) is 3. The third-order valence-electron chi connectivity index (χ3n) is 3.41. The number of H-pyrrole nitrogens is 1. The van der Waals surface area contributed by atoms with Crippen LogP contribution in [0.5, 0.6) is 5.75 Å². The first-order chi connectivity index (χ1) is 9.15. The van der Waals surface area contributed by atoms with Gasteiger partial charge in [0.2, 0.25) is 0 Å². The minimum absolute atomic E-state index is 0.270. The average molecular weight is 259 g/mol. The monoisotopic (exact) mass is 259 g/mol. The molecule has 1 heterocycles. The molecular weight excluding hydrogens is 238 g/mol. The first kappa shape index (κ1) is 13.6. The van der Waals surface area contributed by atoms with Crippen LogP contribution in [0.1, 0.15) is 25.6 Å². The lowest BCUT2D eigenvalue weighted by Crippen LogP contribution is -2.19. The van der Waals surface area contributed by atoms with E-state index in [1.165, 1.54) is 0 Å². The second-order valence-electron chi connectivity index (χ2n) is 5.00. The molecule has 102 valence electrons. The highest BCUT2D eigenvalue weighted by atomic mass is 16.5. The van der Waals surface area contributed by atoms with Crippen LogP contribution in [0.2, 0.25) is 0 Å². The number of aromatic amines is 1. The number of rotatable bonds is 5. The van der Waals surface area contributed by atoms with Gasteiger partial charge in [0.25, 0.3) is 0 Å². The number of benzene rings is 1. The molecule has 0 aliphatic carbocycles. The SMILES string of the molecule is COc1ccc(-c2cnc(C(CN)C(C)C)[nH]2)cc1. The van der Waals surface area contributed by atoms with Crippen molar-refractivity contribution in [3.05, 3.63) is 36.3 Å². The molecule has 0 fully saturated rings.